The van der Waals surface area contributed by atoms with Crippen molar-refractivity contribution in [3.63, 3.8) is 0 Å². The summed E-state index contributed by atoms with van der Waals surface area (Å²) in [6.07, 6.45) is 10.2. The quantitative estimate of drug-likeness (QED) is 0.574. The summed E-state index contributed by atoms with van der Waals surface area (Å²) in [7, 11) is 0. The van der Waals surface area contributed by atoms with Crippen LogP contribution in [-0.2, 0) is 9.53 Å². The third-order valence-electron chi connectivity index (χ3n) is 3.08. The van der Waals surface area contributed by atoms with Crippen molar-refractivity contribution in [2.75, 3.05) is 6.54 Å². The molecular formula is C14H23NO4. The Morgan fingerprint density at radius 2 is 2.00 bits per heavy atom. The van der Waals surface area contributed by atoms with E-state index in [1.54, 1.807) is 0 Å². The van der Waals surface area contributed by atoms with Gasteiger partial charge in [0.15, 0.2) is 0 Å². The molecule has 1 rings (SSSR count). The van der Waals surface area contributed by atoms with Gasteiger partial charge in [0.05, 0.1) is 0 Å². The van der Waals surface area contributed by atoms with Crippen LogP contribution in [0, 0.1) is 0 Å². The summed E-state index contributed by atoms with van der Waals surface area (Å²) in [6.45, 7) is 0.471. The molecule has 2 N–H and O–H groups in total. The van der Waals surface area contributed by atoms with Crippen LogP contribution in [0.4, 0.5) is 4.79 Å². The van der Waals surface area contributed by atoms with Gasteiger partial charge in [0.2, 0.25) is 0 Å². The van der Waals surface area contributed by atoms with E-state index in [0.717, 1.165) is 32.1 Å². The average Bonchev–Trinajstić information content (AvgIpc) is 2.31. The van der Waals surface area contributed by atoms with Gasteiger partial charge in [-0.2, -0.15) is 0 Å². The molecule has 0 saturated heterocycles. The zero-order valence-electron chi connectivity index (χ0n) is 11.3. The summed E-state index contributed by atoms with van der Waals surface area (Å²) in [5.41, 5.74) is 0. The largest absolute Gasteiger partial charge is 0.481 e. The van der Waals surface area contributed by atoms with Crippen molar-refractivity contribution in [2.24, 2.45) is 0 Å². The lowest BCUT2D eigenvalue weighted by Crippen LogP contribution is -2.30. The van der Waals surface area contributed by atoms with Crippen molar-refractivity contribution in [3.05, 3.63) is 12.2 Å². The van der Waals surface area contributed by atoms with Gasteiger partial charge in [-0.25, -0.2) is 4.79 Å². The smallest absolute Gasteiger partial charge is 0.407 e. The van der Waals surface area contributed by atoms with E-state index in [4.69, 9.17) is 9.84 Å². The molecule has 1 atom stereocenters. The highest BCUT2D eigenvalue weighted by atomic mass is 16.6. The molecule has 1 aliphatic rings. The maximum atomic E-state index is 11.5. The van der Waals surface area contributed by atoms with Gasteiger partial charge in [0.1, 0.15) is 6.10 Å². The second-order valence-corrected chi connectivity index (χ2v) is 4.78. The number of carboxylic acids is 1. The average molecular weight is 269 g/mol. The van der Waals surface area contributed by atoms with Crippen molar-refractivity contribution < 1.29 is 19.4 Å². The molecule has 0 aromatic heterocycles. The monoisotopic (exact) mass is 269 g/mol. The van der Waals surface area contributed by atoms with Crippen molar-refractivity contribution in [1.29, 1.82) is 0 Å². The molecule has 0 radical (unpaired) electrons. The molecule has 0 unspecified atom stereocenters. The van der Waals surface area contributed by atoms with Gasteiger partial charge in [-0.15, -0.1) is 0 Å². The Balaban J connectivity index is 2.09. The fourth-order valence-electron chi connectivity index (χ4n) is 2.03. The first-order valence-electron chi connectivity index (χ1n) is 7.00. The topological polar surface area (TPSA) is 75.6 Å². The minimum atomic E-state index is -0.801. The third-order valence-corrected chi connectivity index (χ3v) is 3.08. The number of alkyl carbamates (subject to hydrolysis) is 1. The van der Waals surface area contributed by atoms with Gasteiger partial charge < -0.3 is 15.2 Å². The molecule has 0 bridgehead atoms. The number of rotatable bonds is 6. The minimum absolute atomic E-state index is 0.00368. The van der Waals surface area contributed by atoms with Crippen LogP contribution in [0.15, 0.2) is 12.2 Å². The first-order valence-corrected chi connectivity index (χ1v) is 7.00. The van der Waals surface area contributed by atoms with Gasteiger partial charge in [-0.3, -0.25) is 4.79 Å². The van der Waals surface area contributed by atoms with Crippen LogP contribution in [0.25, 0.3) is 0 Å². The molecule has 0 aromatic carbocycles. The van der Waals surface area contributed by atoms with E-state index in [9.17, 15) is 9.59 Å². The Morgan fingerprint density at radius 3 is 2.79 bits per heavy atom. The van der Waals surface area contributed by atoms with Gasteiger partial charge in [-0.1, -0.05) is 12.2 Å². The first-order chi connectivity index (χ1) is 9.18. The highest BCUT2D eigenvalue weighted by Crippen LogP contribution is 2.15. The molecule has 5 heteroatoms. The Morgan fingerprint density at radius 1 is 1.21 bits per heavy atom. The van der Waals surface area contributed by atoms with E-state index < -0.39 is 5.97 Å². The number of hydrogen-bond acceptors (Lipinski definition) is 3. The SMILES string of the molecule is O=C(O)CCCCNC(=O)O[C@H]1CC/C=C/CCC1. The maximum absolute atomic E-state index is 11.5. The van der Waals surface area contributed by atoms with Crippen LogP contribution in [0.2, 0.25) is 0 Å². The van der Waals surface area contributed by atoms with E-state index in [0.29, 0.717) is 19.4 Å². The second kappa shape index (κ2) is 9.42. The first kappa shape index (κ1) is 15.5. The molecular weight excluding hydrogens is 246 g/mol. The fraction of sp³-hybridized carbons (Fsp3) is 0.714. The van der Waals surface area contributed by atoms with E-state index >= 15 is 0 Å². The molecule has 0 aliphatic heterocycles. The number of carboxylic acid groups (broad SMARTS) is 1. The zero-order valence-corrected chi connectivity index (χ0v) is 11.3. The predicted octanol–water partition coefficient (Wildman–Crippen LogP) is 2.86. The van der Waals surface area contributed by atoms with E-state index in [1.807, 2.05) is 0 Å². The van der Waals surface area contributed by atoms with Crippen LogP contribution in [0.3, 0.4) is 0 Å². The van der Waals surface area contributed by atoms with E-state index in [-0.39, 0.29) is 18.6 Å². The molecule has 0 heterocycles. The highest BCUT2D eigenvalue weighted by molar-refractivity contribution is 5.67. The van der Waals surface area contributed by atoms with Crippen molar-refractivity contribution in [2.45, 2.75) is 57.5 Å². The second-order valence-electron chi connectivity index (χ2n) is 4.78. The molecule has 5 nitrogen and oxygen atoms in total. The van der Waals surface area contributed by atoms with Crippen molar-refractivity contribution in [1.82, 2.24) is 5.32 Å². The number of aliphatic carboxylic acids is 1. The van der Waals surface area contributed by atoms with E-state index in [1.165, 1.54) is 0 Å². The lowest BCUT2D eigenvalue weighted by molar-refractivity contribution is -0.137. The zero-order chi connectivity index (χ0) is 13.9. The molecule has 108 valence electrons. The summed E-state index contributed by atoms with van der Waals surface area (Å²) in [4.78, 5) is 21.8. The van der Waals surface area contributed by atoms with Crippen LogP contribution in [-0.4, -0.2) is 29.8 Å². The Hall–Kier alpha value is -1.52. The fourth-order valence-corrected chi connectivity index (χ4v) is 2.03. The van der Waals surface area contributed by atoms with Crippen LogP contribution in [0.1, 0.15) is 51.4 Å². The van der Waals surface area contributed by atoms with Crippen molar-refractivity contribution >= 4 is 12.1 Å². The molecule has 0 aromatic rings. The molecule has 0 spiro atoms. The Kier molecular flexibility index (Phi) is 7.70. The third kappa shape index (κ3) is 8.24. The maximum Gasteiger partial charge on any atom is 0.407 e. The molecule has 0 saturated carbocycles. The van der Waals surface area contributed by atoms with Gasteiger partial charge in [-0.05, 0) is 44.9 Å². The summed E-state index contributed by atoms with van der Waals surface area (Å²) in [5.74, 6) is -0.801. The Labute approximate surface area is 114 Å². The van der Waals surface area contributed by atoms with Crippen LogP contribution < -0.4 is 5.32 Å². The highest BCUT2D eigenvalue weighted by Gasteiger charge is 2.14. The summed E-state index contributed by atoms with van der Waals surface area (Å²) in [5, 5.41) is 11.1. The number of allylic oxidation sites excluding steroid dienone is 2. The predicted molar refractivity (Wildman–Crippen MR) is 72.0 cm³/mol. The van der Waals surface area contributed by atoms with Crippen LogP contribution >= 0.6 is 0 Å². The normalized spacial score (nSPS) is 20.9. The standard InChI is InChI=1S/C14H23NO4/c16-13(17)10-6-7-11-15-14(18)19-12-8-4-2-1-3-5-9-12/h1-2,12H,3-11H2,(H,15,18)(H,16,17)/b2-1+/t12-/m0/s1. The lowest BCUT2D eigenvalue weighted by atomic mass is 10.0. The van der Waals surface area contributed by atoms with Gasteiger partial charge in [0.25, 0.3) is 0 Å². The number of amides is 1. The number of nitrogens with one attached hydrogen (secondary N) is 1. The lowest BCUT2D eigenvalue weighted by Gasteiger charge is -2.18. The van der Waals surface area contributed by atoms with E-state index in [2.05, 4.69) is 17.5 Å². The number of unbranched alkanes of at least 4 members (excludes halogenated alkanes) is 1. The van der Waals surface area contributed by atoms with Gasteiger partial charge >= 0.3 is 12.1 Å². The number of ether oxygens (including phenoxy) is 1. The van der Waals surface area contributed by atoms with Gasteiger partial charge in [0, 0.05) is 13.0 Å². The molecule has 0 fully saturated rings. The molecule has 1 amide bonds. The summed E-state index contributed by atoms with van der Waals surface area (Å²) >= 11 is 0. The number of carbonyl (C=O) groups is 2. The Bertz CT molecular complexity index is 315. The summed E-state index contributed by atoms with van der Waals surface area (Å²) in [6, 6.07) is 0. The van der Waals surface area contributed by atoms with Crippen molar-refractivity contribution in [3.8, 4) is 0 Å². The number of hydrogen-bond donors (Lipinski definition) is 2. The van der Waals surface area contributed by atoms with Crippen LogP contribution in [0.5, 0.6) is 0 Å². The molecule has 1 aliphatic carbocycles. The summed E-state index contributed by atoms with van der Waals surface area (Å²) < 4.78 is 5.35. The molecule has 19 heavy (non-hydrogen) atoms. The minimum Gasteiger partial charge on any atom is -0.481 e. The number of carbonyl (C=O) groups excluding carboxylic acids is 1.